The molecule has 3 heterocycles. The van der Waals surface area contributed by atoms with Crippen molar-refractivity contribution < 1.29 is 14.6 Å². The van der Waals surface area contributed by atoms with E-state index < -0.39 is 18.1 Å². The quantitative estimate of drug-likeness (QED) is 0.598. The molecule has 1 unspecified atom stereocenters. The Morgan fingerprint density at radius 3 is 3.22 bits per heavy atom. The van der Waals surface area contributed by atoms with E-state index in [1.54, 1.807) is 4.57 Å². The van der Waals surface area contributed by atoms with E-state index in [2.05, 4.69) is 15.0 Å². The fourth-order valence-corrected chi connectivity index (χ4v) is 1.84. The summed E-state index contributed by atoms with van der Waals surface area (Å²) in [6.07, 6.45) is 0.271. The number of rotatable bonds is 2. The average molecular weight is 253 g/mol. The minimum atomic E-state index is -0.674. The lowest BCUT2D eigenvalue weighted by molar-refractivity contribution is -0.0980. The number of fused-ring (bicyclic) bond motifs is 1. The lowest BCUT2D eigenvalue weighted by Crippen LogP contribution is -2.16. The molecule has 2 aromatic heterocycles. The summed E-state index contributed by atoms with van der Waals surface area (Å²) < 4.78 is 12.1. The number of H-pyrrole nitrogens is 1. The van der Waals surface area contributed by atoms with E-state index in [9.17, 15) is 4.79 Å². The fourth-order valence-electron chi connectivity index (χ4n) is 1.84. The number of hydrogen-bond acceptors (Lipinski definition) is 7. The van der Waals surface area contributed by atoms with E-state index in [0.717, 1.165) is 0 Å². The number of aromatic amines is 1. The van der Waals surface area contributed by atoms with Crippen molar-refractivity contribution in [3.05, 3.63) is 16.7 Å². The Bertz CT molecular complexity index is 635. The Labute approximate surface area is 100 Å². The molecule has 1 fully saturated rings. The second-order valence-electron chi connectivity index (χ2n) is 3.81. The maximum atomic E-state index is 11.6. The number of aliphatic hydroxyl groups is 1. The Kier molecular flexibility index (Phi) is 2.51. The summed E-state index contributed by atoms with van der Waals surface area (Å²) in [7, 11) is 0. The van der Waals surface area contributed by atoms with Crippen molar-refractivity contribution in [3.63, 3.8) is 0 Å². The highest BCUT2D eigenvalue weighted by atomic mass is 16.7. The van der Waals surface area contributed by atoms with Gasteiger partial charge < -0.3 is 20.3 Å². The van der Waals surface area contributed by atoms with Crippen molar-refractivity contribution in [2.24, 2.45) is 0 Å². The average Bonchev–Trinajstić information content (AvgIpc) is 2.93. The Morgan fingerprint density at radius 2 is 2.50 bits per heavy atom. The zero-order valence-electron chi connectivity index (χ0n) is 9.24. The lowest BCUT2D eigenvalue weighted by Gasteiger charge is -2.11. The van der Waals surface area contributed by atoms with Crippen LogP contribution in [0.15, 0.2) is 11.1 Å². The van der Waals surface area contributed by atoms with Gasteiger partial charge in [0.05, 0.1) is 19.5 Å². The number of hydrogen-bond donors (Lipinski definition) is 3. The zero-order chi connectivity index (χ0) is 12.7. The molecule has 9 nitrogen and oxygen atoms in total. The van der Waals surface area contributed by atoms with Gasteiger partial charge in [0.2, 0.25) is 5.95 Å². The van der Waals surface area contributed by atoms with Gasteiger partial charge in [0.25, 0.3) is 5.56 Å². The number of ether oxygens (including phenoxy) is 2. The summed E-state index contributed by atoms with van der Waals surface area (Å²) in [5.41, 5.74) is 5.58. The van der Waals surface area contributed by atoms with Crippen LogP contribution in [0.1, 0.15) is 6.23 Å². The van der Waals surface area contributed by atoms with E-state index in [0.29, 0.717) is 5.65 Å². The molecule has 0 bridgehead atoms. The first-order chi connectivity index (χ1) is 8.69. The van der Waals surface area contributed by atoms with Crippen LogP contribution >= 0.6 is 0 Å². The zero-order valence-corrected chi connectivity index (χ0v) is 9.24. The van der Waals surface area contributed by atoms with Gasteiger partial charge in [-0.1, -0.05) is 0 Å². The summed E-state index contributed by atoms with van der Waals surface area (Å²) in [6.45, 7) is 0.00432. The first-order valence-electron chi connectivity index (χ1n) is 5.29. The molecule has 1 saturated heterocycles. The largest absolute Gasteiger partial charge is 0.391 e. The summed E-state index contributed by atoms with van der Waals surface area (Å²) in [4.78, 5) is 21.9. The third kappa shape index (κ3) is 1.65. The Balaban J connectivity index is 2.05. The van der Waals surface area contributed by atoms with Crippen molar-refractivity contribution >= 4 is 17.1 Å². The van der Waals surface area contributed by atoms with E-state index in [-0.39, 0.29) is 24.7 Å². The number of nitrogens with two attached hydrogens (primary N) is 1. The van der Waals surface area contributed by atoms with Gasteiger partial charge in [0.15, 0.2) is 23.7 Å². The van der Waals surface area contributed by atoms with Crippen LogP contribution in [0.25, 0.3) is 11.2 Å². The molecule has 4 N–H and O–H groups in total. The van der Waals surface area contributed by atoms with Gasteiger partial charge >= 0.3 is 0 Å². The molecular weight excluding hydrogens is 242 g/mol. The number of nitrogens with zero attached hydrogens (tertiary/aromatic N) is 3. The third-order valence-electron chi connectivity index (χ3n) is 2.64. The number of anilines is 1. The molecule has 0 amide bonds. The van der Waals surface area contributed by atoms with Gasteiger partial charge in [0, 0.05) is 0 Å². The summed E-state index contributed by atoms with van der Waals surface area (Å²) >= 11 is 0. The summed E-state index contributed by atoms with van der Waals surface area (Å²) in [5.74, 6) is 0.00636. The predicted molar refractivity (Wildman–Crippen MR) is 59.5 cm³/mol. The van der Waals surface area contributed by atoms with Crippen LogP contribution in [0.5, 0.6) is 0 Å². The molecule has 0 saturated carbocycles. The summed E-state index contributed by atoms with van der Waals surface area (Å²) in [6, 6.07) is 0. The monoisotopic (exact) mass is 253 g/mol. The van der Waals surface area contributed by atoms with Crippen LogP contribution in [0.4, 0.5) is 5.95 Å². The van der Waals surface area contributed by atoms with Gasteiger partial charge in [-0.15, -0.1) is 0 Å². The van der Waals surface area contributed by atoms with Gasteiger partial charge in [-0.2, -0.15) is 4.98 Å². The number of aliphatic hydroxyl groups excluding tert-OH is 1. The van der Waals surface area contributed by atoms with E-state index >= 15 is 0 Å². The van der Waals surface area contributed by atoms with Crippen molar-refractivity contribution in [2.75, 3.05) is 18.9 Å². The molecule has 0 aromatic carbocycles. The van der Waals surface area contributed by atoms with Crippen molar-refractivity contribution in [1.29, 1.82) is 0 Å². The van der Waals surface area contributed by atoms with Gasteiger partial charge in [-0.05, 0) is 0 Å². The van der Waals surface area contributed by atoms with Crippen molar-refractivity contribution in [1.82, 2.24) is 19.5 Å². The molecule has 0 radical (unpaired) electrons. The maximum absolute atomic E-state index is 11.6. The normalized spacial score (nSPS) is 23.8. The highest BCUT2D eigenvalue weighted by Crippen LogP contribution is 2.23. The van der Waals surface area contributed by atoms with Crippen LogP contribution in [0, 0.1) is 0 Å². The topological polar surface area (TPSA) is 128 Å². The van der Waals surface area contributed by atoms with Crippen LogP contribution in [-0.2, 0) is 9.47 Å². The molecule has 1 aliphatic heterocycles. The first kappa shape index (κ1) is 11.1. The minimum absolute atomic E-state index is 0.00636. The van der Waals surface area contributed by atoms with E-state index in [1.807, 2.05) is 0 Å². The van der Waals surface area contributed by atoms with Crippen LogP contribution in [-0.4, -0.2) is 44.1 Å². The molecule has 2 aromatic rings. The molecule has 2 atom stereocenters. The lowest BCUT2D eigenvalue weighted by atomic mass is 10.5. The molecule has 1 aliphatic rings. The molecule has 18 heavy (non-hydrogen) atoms. The number of nitrogen functional groups attached to an aromatic ring is 1. The van der Waals surface area contributed by atoms with Crippen LogP contribution in [0.3, 0.4) is 0 Å². The van der Waals surface area contributed by atoms with Crippen molar-refractivity contribution in [2.45, 2.75) is 12.5 Å². The molecule has 9 heteroatoms. The highest BCUT2D eigenvalue weighted by Gasteiger charge is 2.28. The van der Waals surface area contributed by atoms with Gasteiger partial charge in [-0.3, -0.25) is 14.3 Å². The van der Waals surface area contributed by atoms with Crippen LogP contribution in [0.2, 0.25) is 0 Å². The Morgan fingerprint density at radius 1 is 1.67 bits per heavy atom. The highest BCUT2D eigenvalue weighted by molar-refractivity contribution is 5.70. The van der Waals surface area contributed by atoms with E-state index in [4.69, 9.17) is 20.3 Å². The van der Waals surface area contributed by atoms with Gasteiger partial charge in [0.1, 0.15) is 0 Å². The summed E-state index contributed by atoms with van der Waals surface area (Å²) in [5, 5.41) is 8.92. The number of nitrogens with one attached hydrogen (secondary N) is 1. The minimum Gasteiger partial charge on any atom is -0.391 e. The van der Waals surface area contributed by atoms with Crippen molar-refractivity contribution in [3.8, 4) is 0 Å². The molecule has 96 valence electrons. The third-order valence-corrected chi connectivity index (χ3v) is 2.64. The molecule has 3 rings (SSSR count). The second-order valence-corrected chi connectivity index (χ2v) is 3.81. The predicted octanol–water partition coefficient (Wildman–Crippen LogP) is -1.43. The molecule has 0 aliphatic carbocycles. The fraction of sp³-hybridized carbons (Fsp3) is 0.444. The molecular formula is C9H11N5O4. The molecule has 0 spiro atoms. The first-order valence-corrected chi connectivity index (χ1v) is 5.29. The SMILES string of the molecule is Nc1nc2c(ncn2C2CO[C@H](CO)O2)c(=O)[nH]1. The van der Waals surface area contributed by atoms with E-state index in [1.165, 1.54) is 6.33 Å². The number of imidazole rings is 1. The Hall–Kier alpha value is -1.97. The second kappa shape index (κ2) is 4.05. The number of aromatic nitrogens is 4. The standard InChI is InChI=1S/C9H11N5O4/c10-9-12-7-6(8(16)13-9)11-3-14(7)4-2-17-5(1-15)18-4/h3-5,15H,1-2H2,(H3,10,12,13,16)/t4?,5-/m0/s1. The van der Waals surface area contributed by atoms with Gasteiger partial charge in [-0.25, -0.2) is 4.98 Å². The maximum Gasteiger partial charge on any atom is 0.280 e. The smallest absolute Gasteiger partial charge is 0.280 e. The van der Waals surface area contributed by atoms with Crippen LogP contribution < -0.4 is 11.3 Å².